The van der Waals surface area contributed by atoms with E-state index in [4.69, 9.17) is 0 Å². The molecule has 0 fully saturated rings. The molecule has 0 aliphatic carbocycles. The number of hydrogen-bond donors (Lipinski definition) is 3. The molecule has 0 spiro atoms. The number of para-hydroxylation sites is 1. The number of rotatable bonds is 4. The van der Waals surface area contributed by atoms with Crippen molar-refractivity contribution in [2.45, 2.75) is 6.42 Å². The maximum absolute atomic E-state index is 11.8. The number of hydrogen-bond acceptors (Lipinski definition) is 3. The first-order chi connectivity index (χ1) is 9.13. The van der Waals surface area contributed by atoms with Gasteiger partial charge in [-0.1, -0.05) is 18.2 Å². The van der Waals surface area contributed by atoms with E-state index >= 15 is 0 Å². The van der Waals surface area contributed by atoms with Gasteiger partial charge in [-0.05, 0) is 12.1 Å². The quantitative estimate of drug-likeness (QED) is 0.718. The normalized spacial score (nSPS) is 10.3. The molecule has 1 amide bonds. The van der Waals surface area contributed by atoms with Crippen LogP contribution in [0.2, 0.25) is 0 Å². The van der Waals surface area contributed by atoms with Crippen molar-refractivity contribution < 1.29 is 9.90 Å². The number of fused-ring (bicyclic) bond motifs is 1. The molecule has 3 N–H and O–H groups in total. The van der Waals surface area contributed by atoms with Crippen LogP contribution in [0.15, 0.2) is 41.7 Å². The van der Waals surface area contributed by atoms with Gasteiger partial charge in [0.15, 0.2) is 0 Å². The van der Waals surface area contributed by atoms with Gasteiger partial charge in [-0.3, -0.25) is 9.59 Å². The summed E-state index contributed by atoms with van der Waals surface area (Å²) in [6, 6.07) is 6.89. The molecule has 1 aromatic heterocycles. The fourth-order valence-corrected chi connectivity index (χ4v) is 1.84. The van der Waals surface area contributed by atoms with Crippen LogP contribution in [0.25, 0.3) is 10.9 Å². The summed E-state index contributed by atoms with van der Waals surface area (Å²) in [6.07, 6.45) is 1.38. The Labute approximate surface area is 109 Å². The number of nitrogens with one attached hydrogen (secondary N) is 2. The molecule has 0 bridgehead atoms. The van der Waals surface area contributed by atoms with Crippen molar-refractivity contribution in [3.63, 3.8) is 0 Å². The van der Waals surface area contributed by atoms with Crippen LogP contribution in [0.5, 0.6) is 5.75 Å². The van der Waals surface area contributed by atoms with Crippen molar-refractivity contribution in [3.8, 4) is 5.75 Å². The maximum Gasteiger partial charge on any atom is 0.255 e. The van der Waals surface area contributed by atoms with Crippen LogP contribution in [0.1, 0.15) is 5.56 Å². The number of aromatic amines is 1. The number of carbonyl (C=O) groups excluding carboxylic acids is 1. The van der Waals surface area contributed by atoms with Crippen molar-refractivity contribution in [1.29, 1.82) is 0 Å². The Morgan fingerprint density at radius 2 is 2.16 bits per heavy atom. The monoisotopic (exact) mass is 258 g/mol. The molecule has 0 atom stereocenters. The van der Waals surface area contributed by atoms with Gasteiger partial charge < -0.3 is 15.4 Å². The number of benzene rings is 1. The molecule has 0 aliphatic rings. The Kier molecular flexibility index (Phi) is 3.66. The predicted molar refractivity (Wildman–Crippen MR) is 73.1 cm³/mol. The molecule has 5 heteroatoms. The number of aromatic hydroxyl groups is 1. The fourth-order valence-electron chi connectivity index (χ4n) is 1.84. The predicted octanol–water partition coefficient (Wildman–Crippen LogP) is 1.08. The third-order valence-corrected chi connectivity index (χ3v) is 2.77. The Hall–Kier alpha value is -2.56. The van der Waals surface area contributed by atoms with Gasteiger partial charge in [0.05, 0.1) is 17.5 Å². The summed E-state index contributed by atoms with van der Waals surface area (Å²) in [4.78, 5) is 26.1. The van der Waals surface area contributed by atoms with Gasteiger partial charge in [-0.2, -0.15) is 0 Å². The molecule has 1 aromatic carbocycles. The van der Waals surface area contributed by atoms with E-state index in [-0.39, 0.29) is 23.6 Å². The van der Waals surface area contributed by atoms with Gasteiger partial charge in [0.2, 0.25) is 5.91 Å². The second-order valence-electron chi connectivity index (χ2n) is 4.10. The summed E-state index contributed by atoms with van der Waals surface area (Å²) in [5.74, 6) is -0.482. The van der Waals surface area contributed by atoms with Crippen molar-refractivity contribution in [3.05, 3.63) is 52.8 Å². The lowest BCUT2D eigenvalue weighted by atomic mass is 10.1. The molecule has 2 aromatic rings. The Balaban J connectivity index is 2.40. The second-order valence-corrected chi connectivity index (χ2v) is 4.10. The highest BCUT2D eigenvalue weighted by Crippen LogP contribution is 2.24. The van der Waals surface area contributed by atoms with Gasteiger partial charge in [-0.15, -0.1) is 6.58 Å². The first-order valence-corrected chi connectivity index (χ1v) is 5.84. The largest absolute Gasteiger partial charge is 0.507 e. The Bertz CT molecular complexity index is 689. The summed E-state index contributed by atoms with van der Waals surface area (Å²) in [6.45, 7) is 3.81. The zero-order valence-corrected chi connectivity index (χ0v) is 10.3. The average molecular weight is 258 g/mol. The first kappa shape index (κ1) is 12.9. The number of aromatic nitrogens is 1. The van der Waals surface area contributed by atoms with Gasteiger partial charge in [0.25, 0.3) is 5.56 Å². The lowest BCUT2D eigenvalue weighted by molar-refractivity contribution is -0.120. The van der Waals surface area contributed by atoms with Crippen molar-refractivity contribution in [2.24, 2.45) is 0 Å². The number of carbonyl (C=O) groups is 1. The smallest absolute Gasteiger partial charge is 0.255 e. The molecule has 0 aliphatic heterocycles. The third kappa shape index (κ3) is 2.65. The summed E-state index contributed by atoms with van der Waals surface area (Å²) < 4.78 is 0. The minimum atomic E-state index is -0.454. The van der Waals surface area contributed by atoms with E-state index in [0.717, 1.165) is 0 Å². The fraction of sp³-hybridized carbons (Fsp3) is 0.143. The van der Waals surface area contributed by atoms with E-state index in [1.165, 1.54) is 0 Å². The summed E-state index contributed by atoms with van der Waals surface area (Å²) >= 11 is 0. The van der Waals surface area contributed by atoms with Crippen LogP contribution < -0.4 is 10.9 Å². The second kappa shape index (κ2) is 5.39. The molecular weight excluding hydrogens is 244 g/mol. The minimum Gasteiger partial charge on any atom is -0.507 e. The van der Waals surface area contributed by atoms with Gasteiger partial charge in [-0.25, -0.2) is 0 Å². The molecule has 19 heavy (non-hydrogen) atoms. The first-order valence-electron chi connectivity index (χ1n) is 5.84. The van der Waals surface area contributed by atoms with E-state index in [1.807, 2.05) is 0 Å². The zero-order valence-electron chi connectivity index (χ0n) is 10.3. The summed E-state index contributed by atoms with van der Waals surface area (Å²) in [5, 5.41) is 13.2. The topological polar surface area (TPSA) is 82.2 Å². The van der Waals surface area contributed by atoms with Crippen molar-refractivity contribution in [1.82, 2.24) is 10.3 Å². The van der Waals surface area contributed by atoms with E-state index in [0.29, 0.717) is 17.4 Å². The van der Waals surface area contributed by atoms with E-state index in [1.54, 1.807) is 30.3 Å². The lowest BCUT2D eigenvalue weighted by Gasteiger charge is -2.07. The minimum absolute atomic E-state index is 0.0697. The van der Waals surface area contributed by atoms with Gasteiger partial charge in [0, 0.05) is 11.9 Å². The van der Waals surface area contributed by atoms with Crippen LogP contribution in [-0.4, -0.2) is 22.5 Å². The molecule has 2 rings (SSSR count). The number of H-pyrrole nitrogens is 1. The maximum atomic E-state index is 11.8. The van der Waals surface area contributed by atoms with E-state index in [9.17, 15) is 14.7 Å². The molecular formula is C14H14N2O3. The van der Waals surface area contributed by atoms with Gasteiger partial charge in [0.1, 0.15) is 5.75 Å². The highest BCUT2D eigenvalue weighted by molar-refractivity contribution is 5.88. The molecule has 0 radical (unpaired) electrons. The van der Waals surface area contributed by atoms with Crippen LogP contribution in [-0.2, 0) is 11.2 Å². The molecule has 0 saturated heterocycles. The lowest BCUT2D eigenvalue weighted by Crippen LogP contribution is -2.28. The van der Waals surface area contributed by atoms with Crippen LogP contribution in [0.4, 0.5) is 0 Å². The number of pyridine rings is 1. The zero-order chi connectivity index (χ0) is 13.8. The van der Waals surface area contributed by atoms with Crippen LogP contribution >= 0.6 is 0 Å². The molecule has 98 valence electrons. The van der Waals surface area contributed by atoms with E-state index < -0.39 is 5.56 Å². The molecule has 0 saturated carbocycles. The Morgan fingerprint density at radius 1 is 1.42 bits per heavy atom. The van der Waals surface area contributed by atoms with Crippen molar-refractivity contribution in [2.75, 3.05) is 6.54 Å². The third-order valence-electron chi connectivity index (χ3n) is 2.77. The highest BCUT2D eigenvalue weighted by atomic mass is 16.3. The number of amides is 1. The van der Waals surface area contributed by atoms with Crippen LogP contribution in [0, 0.1) is 0 Å². The molecule has 1 heterocycles. The SMILES string of the molecule is C=CCNC(=O)Cc1c(O)c2ccccc2[nH]c1=O. The molecule has 5 nitrogen and oxygen atoms in total. The summed E-state index contributed by atoms with van der Waals surface area (Å²) in [5.41, 5.74) is 0.158. The summed E-state index contributed by atoms with van der Waals surface area (Å²) in [7, 11) is 0. The van der Waals surface area contributed by atoms with Crippen molar-refractivity contribution >= 4 is 16.8 Å². The average Bonchev–Trinajstić information content (AvgIpc) is 2.41. The molecule has 0 unspecified atom stereocenters. The standard InChI is InChI=1S/C14H14N2O3/c1-2-7-15-12(17)8-10-13(18)9-5-3-4-6-11(9)16-14(10)19/h2-6H,1,7-8H2,(H,15,17)(H2,16,18,19). The highest BCUT2D eigenvalue weighted by Gasteiger charge is 2.14. The van der Waals surface area contributed by atoms with Crippen LogP contribution in [0.3, 0.4) is 0 Å². The Morgan fingerprint density at radius 3 is 2.89 bits per heavy atom. The van der Waals surface area contributed by atoms with Gasteiger partial charge >= 0.3 is 0 Å². The van der Waals surface area contributed by atoms with E-state index in [2.05, 4.69) is 16.9 Å².